The molecule has 2 rings (SSSR count). The third-order valence-electron chi connectivity index (χ3n) is 3.66. The Hall–Kier alpha value is -2.29. The molecule has 0 aliphatic heterocycles. The van der Waals surface area contributed by atoms with Gasteiger partial charge in [-0.1, -0.05) is 35.9 Å². The van der Waals surface area contributed by atoms with Gasteiger partial charge in [0.15, 0.2) is 5.96 Å². The van der Waals surface area contributed by atoms with Crippen molar-refractivity contribution in [3.8, 4) is 5.75 Å². The van der Waals surface area contributed by atoms with Crippen LogP contribution in [0.5, 0.6) is 5.75 Å². The van der Waals surface area contributed by atoms with Crippen molar-refractivity contribution in [1.82, 2.24) is 4.90 Å². The van der Waals surface area contributed by atoms with Crippen LogP contribution in [-0.2, 0) is 16.7 Å². The van der Waals surface area contributed by atoms with Crippen LogP contribution in [0.2, 0.25) is 5.02 Å². The fraction of sp³-hybridized carbons (Fsp3) is 0.278. The lowest BCUT2D eigenvalue weighted by Crippen LogP contribution is -2.24. The van der Waals surface area contributed by atoms with Crippen molar-refractivity contribution in [2.45, 2.75) is 17.9 Å². The highest BCUT2D eigenvalue weighted by Crippen LogP contribution is 2.25. The Bertz CT molecular complexity index is 899. The Morgan fingerprint density at radius 1 is 1.19 bits per heavy atom. The third-order valence-corrected chi connectivity index (χ3v) is 5.40. The topological polar surface area (TPSA) is 111 Å². The molecule has 7 nitrogen and oxygen atoms in total. The van der Waals surface area contributed by atoms with Crippen LogP contribution in [-0.4, -0.2) is 39.4 Å². The lowest BCUT2D eigenvalue weighted by atomic mass is 10.2. The zero-order valence-electron chi connectivity index (χ0n) is 15.0. The van der Waals surface area contributed by atoms with E-state index in [0.29, 0.717) is 13.1 Å². The van der Waals surface area contributed by atoms with Gasteiger partial charge in [0.25, 0.3) is 0 Å². The molecule has 0 spiro atoms. The number of rotatable bonds is 9. The molecule has 0 heterocycles. The lowest BCUT2D eigenvalue weighted by molar-refractivity contribution is 0.324. The minimum Gasteiger partial charge on any atom is -0.379 e. The van der Waals surface area contributed by atoms with Gasteiger partial charge in [0.1, 0.15) is 10.6 Å². The average Bonchev–Trinajstić information content (AvgIpc) is 2.58. The highest BCUT2D eigenvalue weighted by molar-refractivity contribution is 7.87. The minimum atomic E-state index is -4.00. The van der Waals surface area contributed by atoms with E-state index in [0.717, 1.165) is 18.5 Å². The summed E-state index contributed by atoms with van der Waals surface area (Å²) in [5.74, 6) is 0.323. The van der Waals surface area contributed by atoms with Crippen LogP contribution < -0.4 is 15.7 Å². The van der Waals surface area contributed by atoms with Crippen molar-refractivity contribution >= 4 is 27.7 Å². The molecule has 0 aromatic heterocycles. The summed E-state index contributed by atoms with van der Waals surface area (Å²) >= 11 is 5.96. The number of hydrogen-bond donors (Lipinski definition) is 2. The highest BCUT2D eigenvalue weighted by Gasteiger charge is 2.20. The second-order valence-electron chi connectivity index (χ2n) is 6.01. The largest absolute Gasteiger partial charge is 0.379 e. The van der Waals surface area contributed by atoms with Crippen LogP contribution in [0.4, 0.5) is 0 Å². The van der Waals surface area contributed by atoms with Gasteiger partial charge in [0, 0.05) is 13.1 Å². The first-order valence-electron chi connectivity index (χ1n) is 8.30. The summed E-state index contributed by atoms with van der Waals surface area (Å²) < 4.78 is 30.1. The number of nitrogens with two attached hydrogens (primary N) is 2. The summed E-state index contributed by atoms with van der Waals surface area (Å²) in [7, 11) is -2.04. The fourth-order valence-corrected chi connectivity index (χ4v) is 3.87. The van der Waals surface area contributed by atoms with Gasteiger partial charge in [-0.05, 0) is 49.8 Å². The molecule has 2 aromatic rings. The number of benzene rings is 2. The molecule has 0 radical (unpaired) electrons. The molecular formula is C18H23ClN4O3S. The summed E-state index contributed by atoms with van der Waals surface area (Å²) in [4.78, 5) is 5.97. The van der Waals surface area contributed by atoms with E-state index in [1.54, 1.807) is 30.3 Å². The van der Waals surface area contributed by atoms with Crippen LogP contribution >= 0.6 is 11.6 Å². The van der Waals surface area contributed by atoms with Gasteiger partial charge < -0.3 is 20.6 Å². The standard InChI is InChI=1S/C18H23ClN4O3S/c1-23(11-5-10-22-18(20)21)13-14-6-4-7-15(12-14)26-27(24,25)17-9-3-2-8-16(17)19/h2-4,6-9,12H,5,10-11,13H2,1H3,(H4,20,21,22). The molecule has 0 atom stereocenters. The third kappa shape index (κ3) is 6.74. The zero-order valence-corrected chi connectivity index (χ0v) is 16.6. The van der Waals surface area contributed by atoms with Crippen LogP contribution in [0.1, 0.15) is 12.0 Å². The number of guanidine groups is 1. The van der Waals surface area contributed by atoms with E-state index in [4.69, 9.17) is 27.3 Å². The Morgan fingerprint density at radius 2 is 1.93 bits per heavy atom. The van der Waals surface area contributed by atoms with Crippen LogP contribution in [0, 0.1) is 0 Å². The van der Waals surface area contributed by atoms with Crippen molar-refractivity contribution in [3.63, 3.8) is 0 Å². The van der Waals surface area contributed by atoms with E-state index < -0.39 is 10.1 Å². The first-order chi connectivity index (χ1) is 12.8. The van der Waals surface area contributed by atoms with Crippen molar-refractivity contribution in [2.75, 3.05) is 20.1 Å². The van der Waals surface area contributed by atoms with E-state index in [1.807, 2.05) is 13.1 Å². The van der Waals surface area contributed by atoms with E-state index in [2.05, 4.69) is 9.89 Å². The van der Waals surface area contributed by atoms with Crippen molar-refractivity contribution in [1.29, 1.82) is 0 Å². The maximum atomic E-state index is 12.4. The SMILES string of the molecule is CN(CCCN=C(N)N)Cc1cccc(OS(=O)(=O)c2ccccc2Cl)c1. The highest BCUT2D eigenvalue weighted by atomic mass is 35.5. The van der Waals surface area contributed by atoms with Gasteiger partial charge in [-0.25, -0.2) is 0 Å². The molecule has 9 heteroatoms. The maximum absolute atomic E-state index is 12.4. The molecule has 27 heavy (non-hydrogen) atoms. The van der Waals surface area contributed by atoms with Gasteiger partial charge in [-0.15, -0.1) is 0 Å². The molecule has 0 unspecified atom stereocenters. The van der Waals surface area contributed by atoms with E-state index >= 15 is 0 Å². The van der Waals surface area contributed by atoms with E-state index in [1.165, 1.54) is 12.1 Å². The molecule has 2 aromatic carbocycles. The van der Waals surface area contributed by atoms with Gasteiger partial charge in [0.2, 0.25) is 0 Å². The molecule has 0 bridgehead atoms. The average molecular weight is 411 g/mol. The molecule has 4 N–H and O–H groups in total. The molecule has 0 aliphatic carbocycles. The van der Waals surface area contributed by atoms with Gasteiger partial charge in [-0.2, -0.15) is 8.42 Å². The Balaban J connectivity index is 2.01. The monoisotopic (exact) mass is 410 g/mol. The Kier molecular flexibility index (Phi) is 7.46. The van der Waals surface area contributed by atoms with Gasteiger partial charge >= 0.3 is 10.1 Å². The van der Waals surface area contributed by atoms with E-state index in [9.17, 15) is 8.42 Å². The maximum Gasteiger partial charge on any atom is 0.340 e. The Morgan fingerprint density at radius 3 is 2.63 bits per heavy atom. The summed E-state index contributed by atoms with van der Waals surface area (Å²) in [6.07, 6.45) is 0.811. The molecule has 146 valence electrons. The number of hydrogen-bond acceptors (Lipinski definition) is 5. The van der Waals surface area contributed by atoms with Crippen molar-refractivity contribution in [3.05, 3.63) is 59.1 Å². The lowest BCUT2D eigenvalue weighted by Gasteiger charge is -2.16. The molecule has 0 amide bonds. The normalized spacial score (nSPS) is 11.4. The van der Waals surface area contributed by atoms with E-state index in [-0.39, 0.29) is 21.6 Å². The van der Waals surface area contributed by atoms with Crippen LogP contribution in [0.15, 0.2) is 58.4 Å². The first-order valence-corrected chi connectivity index (χ1v) is 10.1. The van der Waals surface area contributed by atoms with Gasteiger partial charge in [-0.3, -0.25) is 4.99 Å². The second-order valence-corrected chi connectivity index (χ2v) is 7.94. The Labute approximate surface area is 164 Å². The number of nitrogens with zero attached hydrogens (tertiary/aromatic N) is 2. The molecule has 0 saturated carbocycles. The predicted octanol–water partition coefficient (Wildman–Crippen LogP) is 2.20. The fourth-order valence-electron chi connectivity index (χ4n) is 2.45. The summed E-state index contributed by atoms with van der Waals surface area (Å²) in [5, 5.41) is 0.120. The molecule has 0 fully saturated rings. The smallest absolute Gasteiger partial charge is 0.340 e. The summed E-state index contributed by atoms with van der Waals surface area (Å²) in [6, 6.07) is 13.1. The minimum absolute atomic E-state index is 0.0612. The summed E-state index contributed by atoms with van der Waals surface area (Å²) in [6.45, 7) is 1.98. The summed E-state index contributed by atoms with van der Waals surface area (Å²) in [5.41, 5.74) is 11.5. The molecule has 0 saturated heterocycles. The number of aliphatic imine (C=N–C) groups is 1. The van der Waals surface area contributed by atoms with Crippen molar-refractivity contribution < 1.29 is 12.6 Å². The second kappa shape index (κ2) is 9.59. The van der Waals surface area contributed by atoms with Crippen LogP contribution in [0.25, 0.3) is 0 Å². The first kappa shape index (κ1) is 21.0. The number of halogens is 1. The quantitative estimate of drug-likeness (QED) is 0.284. The van der Waals surface area contributed by atoms with Crippen molar-refractivity contribution in [2.24, 2.45) is 16.5 Å². The predicted molar refractivity (Wildman–Crippen MR) is 107 cm³/mol. The zero-order chi connectivity index (χ0) is 19.9. The molecular weight excluding hydrogens is 388 g/mol. The molecule has 0 aliphatic rings. The van der Waals surface area contributed by atoms with Gasteiger partial charge in [0.05, 0.1) is 5.02 Å². The van der Waals surface area contributed by atoms with Crippen LogP contribution in [0.3, 0.4) is 0 Å².